The molecule has 0 aliphatic rings. The topological polar surface area (TPSA) is 55.4 Å². The van der Waals surface area contributed by atoms with Crippen molar-refractivity contribution in [2.45, 2.75) is 11.3 Å². The van der Waals surface area contributed by atoms with Crippen molar-refractivity contribution >= 4 is 27.3 Å². The van der Waals surface area contributed by atoms with E-state index in [1.807, 2.05) is 4.72 Å². The molecule has 2 aromatic rings. The highest BCUT2D eigenvalue weighted by molar-refractivity contribution is 7.92. The summed E-state index contributed by atoms with van der Waals surface area (Å²) in [4.78, 5) is -0.799. The van der Waals surface area contributed by atoms with Crippen molar-refractivity contribution < 1.29 is 30.7 Å². The SMILES string of the molecule is O=S(=O)(Nc1ccccc1OC(F)(F)F)c1cccc(Cl)c1F. The maximum absolute atomic E-state index is 13.8. The Bertz CT molecular complexity index is 824. The van der Waals surface area contributed by atoms with Gasteiger partial charge < -0.3 is 4.74 Å². The van der Waals surface area contributed by atoms with Gasteiger partial charge in [0.15, 0.2) is 11.6 Å². The molecule has 23 heavy (non-hydrogen) atoms. The van der Waals surface area contributed by atoms with E-state index in [-0.39, 0.29) is 0 Å². The van der Waals surface area contributed by atoms with E-state index in [4.69, 9.17) is 11.6 Å². The van der Waals surface area contributed by atoms with E-state index in [1.54, 1.807) is 0 Å². The van der Waals surface area contributed by atoms with Crippen molar-refractivity contribution in [1.82, 2.24) is 0 Å². The largest absolute Gasteiger partial charge is 0.573 e. The zero-order chi connectivity index (χ0) is 17.3. The minimum absolute atomic E-state index is 0.437. The molecule has 0 amide bonds. The van der Waals surface area contributed by atoms with E-state index < -0.39 is 43.6 Å². The summed E-state index contributed by atoms with van der Waals surface area (Å²) in [6.07, 6.45) is -5.01. The molecule has 0 spiro atoms. The molecule has 0 aromatic heterocycles. The fraction of sp³-hybridized carbons (Fsp3) is 0.0769. The number of sulfonamides is 1. The van der Waals surface area contributed by atoms with Crippen LogP contribution in [0, 0.1) is 5.82 Å². The van der Waals surface area contributed by atoms with Crippen molar-refractivity contribution in [3.8, 4) is 5.75 Å². The van der Waals surface area contributed by atoms with Gasteiger partial charge in [0.1, 0.15) is 4.90 Å². The van der Waals surface area contributed by atoms with E-state index in [2.05, 4.69) is 4.74 Å². The summed E-state index contributed by atoms with van der Waals surface area (Å²) in [5.74, 6) is -1.98. The maximum Gasteiger partial charge on any atom is 0.573 e. The molecule has 0 saturated carbocycles. The normalized spacial score (nSPS) is 12.0. The first-order chi connectivity index (χ1) is 10.6. The van der Waals surface area contributed by atoms with E-state index in [0.29, 0.717) is 0 Å². The van der Waals surface area contributed by atoms with Gasteiger partial charge >= 0.3 is 6.36 Å². The van der Waals surface area contributed by atoms with Gasteiger partial charge in [0.05, 0.1) is 10.7 Å². The van der Waals surface area contributed by atoms with Crippen LogP contribution in [-0.4, -0.2) is 14.8 Å². The number of hydrogen-bond donors (Lipinski definition) is 1. The van der Waals surface area contributed by atoms with Crippen LogP contribution < -0.4 is 9.46 Å². The van der Waals surface area contributed by atoms with Crippen molar-refractivity contribution in [2.24, 2.45) is 0 Å². The van der Waals surface area contributed by atoms with Crippen LogP contribution >= 0.6 is 11.6 Å². The summed E-state index contributed by atoms with van der Waals surface area (Å²) in [5, 5.41) is -0.437. The molecule has 0 aliphatic heterocycles. The molecule has 0 fully saturated rings. The van der Waals surface area contributed by atoms with Crippen molar-refractivity contribution in [3.63, 3.8) is 0 Å². The zero-order valence-electron chi connectivity index (χ0n) is 11.1. The van der Waals surface area contributed by atoms with Crippen LogP contribution in [0.15, 0.2) is 47.4 Å². The van der Waals surface area contributed by atoms with Crippen molar-refractivity contribution in [3.05, 3.63) is 53.3 Å². The lowest BCUT2D eigenvalue weighted by Crippen LogP contribution is -2.20. The van der Waals surface area contributed by atoms with E-state index in [0.717, 1.165) is 24.3 Å². The quantitative estimate of drug-likeness (QED) is 0.823. The first-order valence-corrected chi connectivity index (χ1v) is 7.78. The predicted molar refractivity (Wildman–Crippen MR) is 75.3 cm³/mol. The molecule has 0 radical (unpaired) electrons. The lowest BCUT2D eigenvalue weighted by Gasteiger charge is -2.15. The Labute approximate surface area is 133 Å². The standard InChI is InChI=1S/C13H8ClF4NO3S/c14-8-4-3-7-11(12(8)15)23(20,21)19-9-5-1-2-6-10(9)22-13(16,17)18/h1-7,19H. The van der Waals surface area contributed by atoms with Crippen LogP contribution in [0.2, 0.25) is 5.02 Å². The van der Waals surface area contributed by atoms with Gasteiger partial charge in [0, 0.05) is 0 Å². The van der Waals surface area contributed by atoms with Crippen LogP contribution in [0.3, 0.4) is 0 Å². The third kappa shape index (κ3) is 4.26. The number of anilines is 1. The maximum atomic E-state index is 13.8. The highest BCUT2D eigenvalue weighted by Gasteiger charge is 2.32. The molecule has 0 heterocycles. The number of rotatable bonds is 4. The molecule has 0 aliphatic carbocycles. The second kappa shape index (κ2) is 6.25. The van der Waals surface area contributed by atoms with Crippen LogP contribution in [0.4, 0.5) is 23.2 Å². The molecule has 124 valence electrons. The molecule has 10 heteroatoms. The van der Waals surface area contributed by atoms with Gasteiger partial charge in [-0.3, -0.25) is 4.72 Å². The fourth-order valence-electron chi connectivity index (χ4n) is 1.66. The van der Waals surface area contributed by atoms with E-state index in [1.165, 1.54) is 18.2 Å². The molecule has 4 nitrogen and oxygen atoms in total. The Balaban J connectivity index is 2.41. The number of para-hydroxylation sites is 2. The molecule has 2 aromatic carbocycles. The van der Waals surface area contributed by atoms with Crippen LogP contribution in [0.25, 0.3) is 0 Å². The first-order valence-electron chi connectivity index (χ1n) is 5.92. The Hall–Kier alpha value is -2.00. The molecule has 1 N–H and O–H groups in total. The van der Waals surface area contributed by atoms with Gasteiger partial charge in [-0.1, -0.05) is 29.8 Å². The average Bonchev–Trinajstić information content (AvgIpc) is 2.42. The molecule has 2 rings (SSSR count). The van der Waals surface area contributed by atoms with Crippen LogP contribution in [0.5, 0.6) is 5.75 Å². The van der Waals surface area contributed by atoms with Gasteiger partial charge in [0.25, 0.3) is 10.0 Å². The smallest absolute Gasteiger partial charge is 0.404 e. The minimum Gasteiger partial charge on any atom is -0.404 e. The number of nitrogens with one attached hydrogen (secondary N) is 1. The summed E-state index contributed by atoms with van der Waals surface area (Å²) in [6, 6.07) is 7.72. The Kier molecular flexibility index (Phi) is 4.71. The molecular formula is C13H8ClF4NO3S. The number of alkyl halides is 3. The first kappa shape index (κ1) is 17.4. The predicted octanol–water partition coefficient (Wildman–Crippen LogP) is 4.18. The second-order valence-corrected chi connectivity index (χ2v) is 6.26. The third-order valence-corrected chi connectivity index (χ3v) is 4.24. The second-order valence-electron chi connectivity index (χ2n) is 4.20. The van der Waals surface area contributed by atoms with Crippen LogP contribution in [-0.2, 0) is 10.0 Å². The van der Waals surface area contributed by atoms with Crippen molar-refractivity contribution in [1.29, 1.82) is 0 Å². The summed E-state index contributed by atoms with van der Waals surface area (Å²) < 4.78 is 80.6. The number of benzene rings is 2. The summed E-state index contributed by atoms with van der Waals surface area (Å²) >= 11 is 5.50. The van der Waals surface area contributed by atoms with E-state index >= 15 is 0 Å². The fourth-order valence-corrected chi connectivity index (χ4v) is 3.06. The molecule has 0 atom stereocenters. The molecule has 0 bridgehead atoms. The Morgan fingerprint density at radius 2 is 1.70 bits per heavy atom. The Morgan fingerprint density at radius 1 is 1.04 bits per heavy atom. The van der Waals surface area contributed by atoms with Gasteiger partial charge in [0.2, 0.25) is 0 Å². The Morgan fingerprint density at radius 3 is 2.35 bits per heavy atom. The van der Waals surface area contributed by atoms with E-state index in [9.17, 15) is 26.0 Å². The number of halogens is 5. The molecular weight excluding hydrogens is 362 g/mol. The third-order valence-electron chi connectivity index (χ3n) is 2.56. The highest BCUT2D eigenvalue weighted by Crippen LogP contribution is 2.32. The van der Waals surface area contributed by atoms with Crippen molar-refractivity contribution in [2.75, 3.05) is 4.72 Å². The lowest BCUT2D eigenvalue weighted by molar-refractivity contribution is -0.274. The highest BCUT2D eigenvalue weighted by atomic mass is 35.5. The number of ether oxygens (including phenoxy) is 1. The summed E-state index contributed by atoms with van der Waals surface area (Å²) in [6.45, 7) is 0. The van der Waals surface area contributed by atoms with Gasteiger partial charge in [-0.05, 0) is 24.3 Å². The monoisotopic (exact) mass is 369 g/mol. The molecule has 0 saturated heterocycles. The van der Waals surface area contributed by atoms with Gasteiger partial charge in [-0.15, -0.1) is 13.2 Å². The average molecular weight is 370 g/mol. The number of hydrogen-bond acceptors (Lipinski definition) is 3. The zero-order valence-corrected chi connectivity index (χ0v) is 12.6. The molecule has 0 unspecified atom stereocenters. The van der Waals surface area contributed by atoms with Crippen LogP contribution in [0.1, 0.15) is 0 Å². The minimum atomic E-state index is -5.01. The van der Waals surface area contributed by atoms with Gasteiger partial charge in [-0.2, -0.15) is 0 Å². The lowest BCUT2D eigenvalue weighted by atomic mass is 10.3. The summed E-state index contributed by atoms with van der Waals surface area (Å²) in [5.41, 5.74) is -0.496. The summed E-state index contributed by atoms with van der Waals surface area (Å²) in [7, 11) is -4.50. The van der Waals surface area contributed by atoms with Gasteiger partial charge in [-0.25, -0.2) is 12.8 Å².